The van der Waals surface area contributed by atoms with Crippen LogP contribution in [0, 0.1) is 19.2 Å². The summed E-state index contributed by atoms with van der Waals surface area (Å²) < 4.78 is 1.04. The Morgan fingerprint density at radius 2 is 2.21 bits per heavy atom. The number of nitrogens with zero attached hydrogens (tertiary/aromatic N) is 2. The molecule has 0 fully saturated rings. The standard InChI is InChI=1S/C18H17BrN4O/c1-12-15(19)3-2-4-16(12)23-18-17-14(5-6-21-18)9-13(11-22-17)10-20-7-8-24/h2-4,9,11,20,24H,7-8,10H2,1H3,(H,21,23). The second kappa shape index (κ2) is 7.58. The van der Waals surface area contributed by atoms with Crippen molar-refractivity contribution >= 4 is 38.3 Å². The Morgan fingerprint density at radius 1 is 1.33 bits per heavy atom. The van der Waals surface area contributed by atoms with Crippen LogP contribution in [0.4, 0.5) is 11.5 Å². The molecule has 2 aromatic heterocycles. The molecule has 5 nitrogen and oxygen atoms in total. The smallest absolute Gasteiger partial charge is 0.168 e. The molecule has 0 unspecified atom stereocenters. The van der Waals surface area contributed by atoms with E-state index in [1.165, 1.54) is 0 Å². The van der Waals surface area contributed by atoms with Crippen LogP contribution >= 0.6 is 15.9 Å². The molecule has 3 rings (SSSR count). The van der Waals surface area contributed by atoms with Crippen molar-refractivity contribution in [2.45, 2.75) is 13.5 Å². The first-order chi connectivity index (χ1) is 11.7. The molecular formula is C18H17BrN4O. The van der Waals surface area contributed by atoms with Gasteiger partial charge in [-0.1, -0.05) is 22.0 Å². The van der Waals surface area contributed by atoms with E-state index in [4.69, 9.17) is 5.11 Å². The maximum absolute atomic E-state index is 8.83. The summed E-state index contributed by atoms with van der Waals surface area (Å²) in [6.45, 7) is 3.35. The predicted octanol–water partition coefficient (Wildman–Crippen LogP) is 3.13. The predicted molar refractivity (Wildman–Crippen MR) is 98.2 cm³/mol. The summed E-state index contributed by atoms with van der Waals surface area (Å²) in [6, 6.07) is 11.0. The topological polar surface area (TPSA) is 70.1 Å². The molecule has 0 spiro atoms. The molecule has 0 aliphatic rings. The molecule has 0 atom stereocenters. The molecule has 0 amide bonds. The lowest BCUT2D eigenvalue weighted by atomic mass is 10.2. The van der Waals surface area contributed by atoms with Crippen LogP contribution in [-0.4, -0.2) is 28.2 Å². The molecule has 3 N–H and O–H groups in total. The number of fused-ring (bicyclic) bond motifs is 1. The molecule has 0 bridgehead atoms. The van der Waals surface area contributed by atoms with E-state index in [0.717, 1.165) is 32.2 Å². The van der Waals surface area contributed by atoms with Gasteiger partial charge < -0.3 is 15.7 Å². The molecule has 0 aliphatic carbocycles. The highest BCUT2D eigenvalue weighted by atomic mass is 79.9. The quantitative estimate of drug-likeness (QED) is 0.569. The number of aliphatic hydroxyl groups excluding tert-OH is 1. The van der Waals surface area contributed by atoms with Gasteiger partial charge in [0.2, 0.25) is 0 Å². The third kappa shape index (κ3) is 3.65. The summed E-state index contributed by atoms with van der Waals surface area (Å²) >= 11 is 3.53. The van der Waals surface area contributed by atoms with Gasteiger partial charge in [-0.05, 0) is 42.3 Å². The van der Waals surface area contributed by atoms with Crippen LogP contribution in [-0.2, 0) is 6.54 Å². The van der Waals surface area contributed by atoms with Crippen LogP contribution in [0.1, 0.15) is 11.1 Å². The zero-order valence-corrected chi connectivity index (χ0v) is 14.8. The lowest BCUT2D eigenvalue weighted by molar-refractivity contribution is 0.292. The Balaban J connectivity index is 1.90. The number of rotatable bonds is 6. The highest BCUT2D eigenvalue weighted by molar-refractivity contribution is 9.10. The number of nitrogens with one attached hydrogen (secondary N) is 2. The minimum absolute atomic E-state index is 0.116. The second-order valence-corrected chi connectivity index (χ2v) is 6.23. The van der Waals surface area contributed by atoms with E-state index in [1.54, 1.807) is 6.20 Å². The first-order valence-electron chi connectivity index (χ1n) is 7.60. The summed E-state index contributed by atoms with van der Waals surface area (Å²) in [5.74, 6) is 0.653. The van der Waals surface area contributed by atoms with E-state index in [2.05, 4.69) is 48.8 Å². The molecule has 0 saturated heterocycles. The van der Waals surface area contributed by atoms with Crippen molar-refractivity contribution in [2.75, 3.05) is 18.5 Å². The number of halogens is 1. The van der Waals surface area contributed by atoms with Gasteiger partial charge in [-0.15, -0.1) is 0 Å². The Hall–Kier alpha value is -2.20. The Kier molecular flexibility index (Phi) is 5.26. The van der Waals surface area contributed by atoms with Gasteiger partial charge >= 0.3 is 0 Å². The number of benzene rings is 1. The Morgan fingerprint density at radius 3 is 3.04 bits per heavy atom. The molecule has 0 aliphatic heterocycles. The fraction of sp³-hybridized carbons (Fsp3) is 0.222. The molecule has 24 heavy (non-hydrogen) atoms. The third-order valence-electron chi connectivity index (χ3n) is 3.67. The fourth-order valence-corrected chi connectivity index (χ4v) is 2.72. The maximum Gasteiger partial charge on any atom is 0.168 e. The highest BCUT2D eigenvalue weighted by Crippen LogP contribution is 2.27. The number of aromatic nitrogens is 2. The first-order valence-corrected chi connectivity index (χ1v) is 8.40. The SMILES string of the molecule is Cc1c(Br)cccc1Nc1nc#cc2cc(CNCCO)cnc12. The fourth-order valence-electron chi connectivity index (χ4n) is 2.36. The summed E-state index contributed by atoms with van der Waals surface area (Å²) in [4.78, 5) is 8.78. The van der Waals surface area contributed by atoms with E-state index in [1.807, 2.05) is 31.2 Å². The molecule has 122 valence electrons. The average Bonchev–Trinajstić information content (AvgIpc) is 2.59. The summed E-state index contributed by atoms with van der Waals surface area (Å²) in [5, 5.41) is 16.1. The van der Waals surface area contributed by atoms with E-state index in [0.29, 0.717) is 18.9 Å². The number of hydrogen-bond donors (Lipinski definition) is 3. The van der Waals surface area contributed by atoms with Gasteiger partial charge in [0.1, 0.15) is 5.52 Å². The van der Waals surface area contributed by atoms with E-state index in [9.17, 15) is 0 Å². The molecule has 6 heteroatoms. The normalized spacial score (nSPS) is 10.6. The van der Waals surface area contributed by atoms with Crippen molar-refractivity contribution in [3.05, 3.63) is 58.3 Å². The van der Waals surface area contributed by atoms with Gasteiger partial charge in [0.25, 0.3) is 0 Å². The van der Waals surface area contributed by atoms with Crippen LogP contribution in [0.3, 0.4) is 0 Å². The summed E-state index contributed by atoms with van der Waals surface area (Å²) in [7, 11) is 0. The number of aliphatic hydroxyl groups is 1. The first kappa shape index (κ1) is 16.7. The maximum atomic E-state index is 8.83. The summed E-state index contributed by atoms with van der Waals surface area (Å²) in [6.07, 6.45) is 4.61. The van der Waals surface area contributed by atoms with Crippen molar-refractivity contribution in [3.8, 4) is 0 Å². The average molecular weight is 385 g/mol. The van der Waals surface area contributed by atoms with Crippen LogP contribution in [0.15, 0.2) is 34.9 Å². The van der Waals surface area contributed by atoms with Crippen LogP contribution in [0.5, 0.6) is 0 Å². The number of hydrogen-bond acceptors (Lipinski definition) is 5. The van der Waals surface area contributed by atoms with Crippen LogP contribution < -0.4 is 10.6 Å². The van der Waals surface area contributed by atoms with Gasteiger partial charge in [0.15, 0.2) is 5.82 Å². The monoisotopic (exact) mass is 384 g/mol. The number of anilines is 2. The Bertz CT molecular complexity index is 854. The van der Waals surface area contributed by atoms with Crippen molar-refractivity contribution in [2.24, 2.45) is 0 Å². The molecule has 0 saturated carbocycles. The molecule has 1 aromatic carbocycles. The van der Waals surface area contributed by atoms with Crippen molar-refractivity contribution in [1.82, 2.24) is 15.3 Å². The third-order valence-corrected chi connectivity index (χ3v) is 4.52. The van der Waals surface area contributed by atoms with Gasteiger partial charge in [-0.25, -0.2) is 0 Å². The minimum atomic E-state index is 0.116. The largest absolute Gasteiger partial charge is 0.395 e. The van der Waals surface area contributed by atoms with Crippen LogP contribution in [0.25, 0.3) is 10.9 Å². The zero-order valence-electron chi connectivity index (χ0n) is 13.2. The van der Waals surface area contributed by atoms with Gasteiger partial charge in [0, 0.05) is 35.6 Å². The minimum Gasteiger partial charge on any atom is -0.395 e. The molecule has 0 radical (unpaired) electrons. The van der Waals surface area contributed by atoms with Gasteiger partial charge in [-0.2, -0.15) is 4.98 Å². The summed E-state index contributed by atoms with van der Waals surface area (Å²) in [5.41, 5.74) is 3.84. The van der Waals surface area contributed by atoms with Crippen molar-refractivity contribution in [1.29, 1.82) is 0 Å². The van der Waals surface area contributed by atoms with Crippen molar-refractivity contribution in [3.63, 3.8) is 0 Å². The molecule has 2 heterocycles. The number of pyridine rings is 1. The second-order valence-electron chi connectivity index (χ2n) is 5.37. The Labute approximate surface area is 149 Å². The van der Waals surface area contributed by atoms with E-state index < -0.39 is 0 Å². The van der Waals surface area contributed by atoms with Gasteiger partial charge in [-0.3, -0.25) is 4.98 Å². The molecular weight excluding hydrogens is 368 g/mol. The van der Waals surface area contributed by atoms with E-state index >= 15 is 0 Å². The lowest BCUT2D eigenvalue weighted by Crippen LogP contribution is -2.17. The highest BCUT2D eigenvalue weighted by Gasteiger charge is 2.08. The van der Waals surface area contributed by atoms with Crippen LogP contribution in [0.2, 0.25) is 0 Å². The lowest BCUT2D eigenvalue weighted by Gasteiger charge is -2.11. The van der Waals surface area contributed by atoms with E-state index in [-0.39, 0.29) is 6.61 Å². The van der Waals surface area contributed by atoms with Gasteiger partial charge in [0.05, 0.1) is 12.0 Å². The zero-order chi connectivity index (χ0) is 16.9. The van der Waals surface area contributed by atoms with Crippen molar-refractivity contribution < 1.29 is 5.11 Å². The molecule has 3 aromatic rings.